The smallest absolute Gasteiger partial charge is 0.306 e. The van der Waals surface area contributed by atoms with Gasteiger partial charge in [0.2, 0.25) is 0 Å². The molecule has 1 saturated carbocycles. The van der Waals surface area contributed by atoms with Crippen molar-refractivity contribution >= 4 is 33.6 Å². The maximum absolute atomic E-state index is 12.0. The lowest BCUT2D eigenvalue weighted by molar-refractivity contribution is -0.148. The van der Waals surface area contributed by atoms with Gasteiger partial charge in [0.25, 0.3) is 5.91 Å². The second-order valence-corrected chi connectivity index (χ2v) is 7.44. The second kappa shape index (κ2) is 9.70. The normalized spacial score (nSPS) is 19.9. The van der Waals surface area contributed by atoms with Crippen molar-refractivity contribution in [3.8, 4) is 0 Å². The van der Waals surface area contributed by atoms with Crippen LogP contribution in [-0.4, -0.2) is 30.3 Å². The van der Waals surface area contributed by atoms with Crippen molar-refractivity contribution in [3.63, 3.8) is 0 Å². The van der Waals surface area contributed by atoms with E-state index in [1.807, 2.05) is 0 Å². The fourth-order valence-electron chi connectivity index (χ4n) is 2.99. The Morgan fingerprint density at radius 2 is 1.80 bits per heavy atom. The van der Waals surface area contributed by atoms with Gasteiger partial charge in [-0.2, -0.15) is 0 Å². The van der Waals surface area contributed by atoms with E-state index in [4.69, 9.17) is 4.74 Å². The third-order valence-electron chi connectivity index (χ3n) is 4.54. The molecule has 0 aromatic heterocycles. The van der Waals surface area contributed by atoms with Crippen LogP contribution in [0.2, 0.25) is 0 Å². The van der Waals surface area contributed by atoms with Gasteiger partial charge in [0, 0.05) is 22.5 Å². The third-order valence-corrected chi connectivity index (χ3v) is 5.07. The number of hydrogen-bond acceptors (Lipinski definition) is 4. The molecule has 1 fully saturated rings. The Labute approximate surface area is 156 Å². The zero-order chi connectivity index (χ0) is 18.2. The molecular weight excluding hydrogens is 386 g/mol. The highest BCUT2D eigenvalue weighted by atomic mass is 79.9. The molecule has 2 rings (SSSR count). The number of halogens is 1. The number of carbonyl (C=O) groups is 3. The molecule has 1 aliphatic rings. The number of ketones is 1. The SMILES string of the molecule is C[C@H]1CCCC[C@@H]1NC(=O)COC(=O)CCC(=O)c1ccc(Br)cc1. The quantitative estimate of drug-likeness (QED) is 0.550. The van der Waals surface area contributed by atoms with Crippen LogP contribution >= 0.6 is 15.9 Å². The van der Waals surface area contributed by atoms with Crippen LogP contribution in [0.5, 0.6) is 0 Å². The summed E-state index contributed by atoms with van der Waals surface area (Å²) in [6.07, 6.45) is 4.46. The van der Waals surface area contributed by atoms with Crippen LogP contribution in [0, 0.1) is 5.92 Å². The standard InChI is InChI=1S/C19H24BrNO4/c1-13-4-2-3-5-16(13)21-18(23)12-25-19(24)11-10-17(22)14-6-8-15(20)9-7-14/h6-9,13,16H,2-5,10-12H2,1H3,(H,21,23)/t13-,16-/m0/s1. The van der Waals surface area contributed by atoms with Gasteiger partial charge in [0.05, 0.1) is 6.42 Å². The average Bonchev–Trinajstić information content (AvgIpc) is 2.60. The van der Waals surface area contributed by atoms with Crippen molar-refractivity contribution in [1.82, 2.24) is 5.32 Å². The summed E-state index contributed by atoms with van der Waals surface area (Å²) in [4.78, 5) is 35.6. The molecule has 1 N–H and O–H groups in total. The van der Waals surface area contributed by atoms with Crippen LogP contribution in [0.15, 0.2) is 28.7 Å². The summed E-state index contributed by atoms with van der Waals surface area (Å²) >= 11 is 3.31. The van der Waals surface area contributed by atoms with Crippen molar-refractivity contribution < 1.29 is 19.1 Å². The molecule has 2 atom stereocenters. The average molecular weight is 410 g/mol. The van der Waals surface area contributed by atoms with Crippen LogP contribution in [0.4, 0.5) is 0 Å². The van der Waals surface area contributed by atoms with Crippen molar-refractivity contribution in [2.45, 2.75) is 51.5 Å². The molecule has 0 heterocycles. The van der Waals surface area contributed by atoms with E-state index < -0.39 is 5.97 Å². The van der Waals surface area contributed by atoms with Gasteiger partial charge in [-0.05, 0) is 30.9 Å². The Morgan fingerprint density at radius 1 is 1.12 bits per heavy atom. The molecule has 1 amide bonds. The summed E-state index contributed by atoms with van der Waals surface area (Å²) in [6.45, 7) is 1.85. The zero-order valence-electron chi connectivity index (χ0n) is 14.4. The number of amides is 1. The first-order chi connectivity index (χ1) is 12.0. The van der Waals surface area contributed by atoms with Crippen molar-refractivity contribution in [2.24, 2.45) is 5.92 Å². The van der Waals surface area contributed by atoms with Crippen molar-refractivity contribution in [1.29, 1.82) is 0 Å². The predicted molar refractivity (Wildman–Crippen MR) is 98.2 cm³/mol. The number of benzene rings is 1. The van der Waals surface area contributed by atoms with E-state index in [1.165, 1.54) is 6.42 Å². The van der Waals surface area contributed by atoms with E-state index in [-0.39, 0.29) is 37.2 Å². The van der Waals surface area contributed by atoms with E-state index in [9.17, 15) is 14.4 Å². The number of esters is 1. The highest BCUT2D eigenvalue weighted by Gasteiger charge is 2.23. The molecule has 0 radical (unpaired) electrons. The highest BCUT2D eigenvalue weighted by molar-refractivity contribution is 9.10. The number of rotatable bonds is 7. The fraction of sp³-hybridized carbons (Fsp3) is 0.526. The number of carbonyl (C=O) groups excluding carboxylic acids is 3. The summed E-state index contributed by atoms with van der Waals surface area (Å²) in [5.74, 6) is -0.467. The van der Waals surface area contributed by atoms with Gasteiger partial charge in [0.1, 0.15) is 0 Å². The minimum atomic E-state index is -0.530. The van der Waals surface area contributed by atoms with Crippen molar-refractivity contribution in [2.75, 3.05) is 6.61 Å². The summed E-state index contributed by atoms with van der Waals surface area (Å²) in [6, 6.07) is 7.14. The predicted octanol–water partition coefficient (Wildman–Crippen LogP) is 3.65. The summed E-state index contributed by atoms with van der Waals surface area (Å²) < 4.78 is 5.87. The van der Waals surface area contributed by atoms with E-state index in [2.05, 4.69) is 28.2 Å². The minimum Gasteiger partial charge on any atom is -0.456 e. The molecule has 5 nitrogen and oxygen atoms in total. The Balaban J connectivity index is 1.67. The molecule has 1 aliphatic carbocycles. The molecule has 0 saturated heterocycles. The maximum Gasteiger partial charge on any atom is 0.306 e. The van der Waals surface area contributed by atoms with Crippen LogP contribution in [0.25, 0.3) is 0 Å². The lowest BCUT2D eigenvalue weighted by Gasteiger charge is -2.29. The lowest BCUT2D eigenvalue weighted by atomic mass is 9.86. The number of Topliss-reactive ketones (excluding diaryl/α,β-unsaturated/α-hetero) is 1. The summed E-state index contributed by atoms with van der Waals surface area (Å²) in [5, 5.41) is 2.93. The molecule has 0 unspecified atom stereocenters. The van der Waals surface area contributed by atoms with Gasteiger partial charge in [0.15, 0.2) is 12.4 Å². The minimum absolute atomic E-state index is 0.0258. The lowest BCUT2D eigenvalue weighted by Crippen LogP contribution is -2.42. The largest absolute Gasteiger partial charge is 0.456 e. The van der Waals surface area contributed by atoms with Gasteiger partial charge < -0.3 is 10.1 Å². The van der Waals surface area contributed by atoms with Gasteiger partial charge in [-0.25, -0.2) is 0 Å². The Bertz CT molecular complexity index is 614. The Kier molecular flexibility index (Phi) is 7.62. The monoisotopic (exact) mass is 409 g/mol. The summed E-state index contributed by atoms with van der Waals surface area (Å²) in [5.41, 5.74) is 0.556. The Hall–Kier alpha value is -1.69. The first-order valence-electron chi connectivity index (χ1n) is 8.69. The molecule has 6 heteroatoms. The number of nitrogens with one attached hydrogen (secondary N) is 1. The van der Waals surface area contributed by atoms with Gasteiger partial charge in [-0.15, -0.1) is 0 Å². The second-order valence-electron chi connectivity index (χ2n) is 6.53. The van der Waals surface area contributed by atoms with Crippen LogP contribution in [0.3, 0.4) is 0 Å². The molecule has 1 aromatic carbocycles. The van der Waals surface area contributed by atoms with Crippen molar-refractivity contribution in [3.05, 3.63) is 34.3 Å². The van der Waals surface area contributed by atoms with Crippen LogP contribution in [0.1, 0.15) is 55.8 Å². The Morgan fingerprint density at radius 3 is 2.48 bits per heavy atom. The molecular formula is C19H24BrNO4. The number of ether oxygens (including phenoxy) is 1. The molecule has 25 heavy (non-hydrogen) atoms. The molecule has 0 aliphatic heterocycles. The zero-order valence-corrected chi connectivity index (χ0v) is 16.0. The first-order valence-corrected chi connectivity index (χ1v) is 9.49. The maximum atomic E-state index is 12.0. The molecule has 136 valence electrons. The molecule has 1 aromatic rings. The van der Waals surface area contributed by atoms with E-state index in [0.717, 1.165) is 23.7 Å². The topological polar surface area (TPSA) is 72.5 Å². The van der Waals surface area contributed by atoms with Crippen LogP contribution in [-0.2, 0) is 14.3 Å². The summed E-state index contributed by atoms with van der Waals surface area (Å²) in [7, 11) is 0. The van der Waals surface area contributed by atoms with E-state index in [0.29, 0.717) is 11.5 Å². The van der Waals surface area contributed by atoms with Gasteiger partial charge in [-0.1, -0.05) is 47.8 Å². The molecule has 0 bridgehead atoms. The van der Waals surface area contributed by atoms with Gasteiger partial charge in [-0.3, -0.25) is 14.4 Å². The third kappa shape index (κ3) is 6.61. The van der Waals surface area contributed by atoms with E-state index in [1.54, 1.807) is 24.3 Å². The highest BCUT2D eigenvalue weighted by Crippen LogP contribution is 2.23. The van der Waals surface area contributed by atoms with Crippen LogP contribution < -0.4 is 5.32 Å². The molecule has 0 spiro atoms. The fourth-order valence-corrected chi connectivity index (χ4v) is 3.26. The first kappa shape index (κ1) is 19.6. The van der Waals surface area contributed by atoms with E-state index >= 15 is 0 Å². The van der Waals surface area contributed by atoms with Gasteiger partial charge >= 0.3 is 5.97 Å². The number of hydrogen-bond donors (Lipinski definition) is 1.